The van der Waals surface area contributed by atoms with Gasteiger partial charge in [-0.05, 0) is 19.1 Å². The van der Waals surface area contributed by atoms with Crippen LogP contribution in [0.1, 0.15) is 11.5 Å². The second-order valence-corrected chi connectivity index (χ2v) is 6.57. The van der Waals surface area contributed by atoms with E-state index in [0.717, 1.165) is 11.1 Å². The molecular weight excluding hydrogens is 378 g/mol. The van der Waals surface area contributed by atoms with E-state index in [9.17, 15) is 4.79 Å². The molecule has 0 atom stereocenters. The molecule has 1 aromatic heterocycles. The van der Waals surface area contributed by atoms with Gasteiger partial charge in [-0.1, -0.05) is 64.8 Å². The average Bonchev–Trinajstić information content (AvgIpc) is 3.16. The normalized spacial score (nSPS) is 10.5. The Balaban J connectivity index is 1.65. The predicted molar refractivity (Wildman–Crippen MR) is 107 cm³/mol. The minimum absolute atomic E-state index is 0.156. The summed E-state index contributed by atoms with van der Waals surface area (Å²) in [6.45, 7) is 6.04. The Morgan fingerprint density at radius 3 is 2.71 bits per heavy atom. The number of hydrogen-bond acceptors (Lipinski definition) is 5. The summed E-state index contributed by atoms with van der Waals surface area (Å²) in [6.07, 6.45) is 1.63. The van der Waals surface area contributed by atoms with Crippen molar-refractivity contribution in [3.05, 3.63) is 77.7 Å². The molecule has 0 saturated carbocycles. The van der Waals surface area contributed by atoms with Gasteiger partial charge >= 0.3 is 0 Å². The molecule has 6 nitrogen and oxygen atoms in total. The van der Waals surface area contributed by atoms with Gasteiger partial charge in [0.05, 0.1) is 5.02 Å². The van der Waals surface area contributed by atoms with E-state index >= 15 is 0 Å². The topological polar surface area (TPSA) is 68.5 Å². The summed E-state index contributed by atoms with van der Waals surface area (Å²) in [6, 6.07) is 14.8. The second-order valence-electron chi connectivity index (χ2n) is 6.16. The van der Waals surface area contributed by atoms with Crippen molar-refractivity contribution in [1.82, 2.24) is 15.0 Å². The number of halogens is 1. The number of aromatic nitrogens is 2. The minimum Gasteiger partial charge on any atom is -0.482 e. The Kier molecular flexibility index (Phi) is 6.45. The van der Waals surface area contributed by atoms with Crippen LogP contribution in [0.25, 0.3) is 11.4 Å². The number of amides is 1. The summed E-state index contributed by atoms with van der Waals surface area (Å²) in [5, 5.41) is 4.44. The molecule has 0 radical (unpaired) electrons. The summed E-state index contributed by atoms with van der Waals surface area (Å²) in [4.78, 5) is 18.5. The SMILES string of the molecule is C=CCN(Cc1nc(-c2ccc(C)cc2)no1)C(=O)COc1ccccc1Cl. The van der Waals surface area contributed by atoms with Crippen molar-refractivity contribution >= 4 is 17.5 Å². The van der Waals surface area contributed by atoms with Gasteiger partial charge in [-0.3, -0.25) is 4.79 Å². The predicted octanol–water partition coefficient (Wildman–Crippen LogP) is 4.29. The molecule has 1 heterocycles. The summed E-state index contributed by atoms with van der Waals surface area (Å²) in [5.41, 5.74) is 2.00. The van der Waals surface area contributed by atoms with Crippen LogP contribution in [0.15, 0.2) is 65.7 Å². The lowest BCUT2D eigenvalue weighted by molar-refractivity contribution is -0.133. The highest BCUT2D eigenvalue weighted by Crippen LogP contribution is 2.23. The Hall–Kier alpha value is -3.12. The summed E-state index contributed by atoms with van der Waals surface area (Å²) in [7, 11) is 0. The van der Waals surface area contributed by atoms with E-state index in [-0.39, 0.29) is 19.1 Å². The Morgan fingerprint density at radius 2 is 2.00 bits per heavy atom. The largest absolute Gasteiger partial charge is 0.482 e. The van der Waals surface area contributed by atoms with E-state index in [1.807, 2.05) is 31.2 Å². The maximum absolute atomic E-state index is 12.6. The lowest BCUT2D eigenvalue weighted by atomic mass is 10.1. The van der Waals surface area contributed by atoms with Crippen LogP contribution in [0.2, 0.25) is 5.02 Å². The fraction of sp³-hybridized carbons (Fsp3) is 0.190. The molecule has 0 spiro atoms. The van der Waals surface area contributed by atoms with Gasteiger partial charge in [0, 0.05) is 12.1 Å². The van der Waals surface area contributed by atoms with E-state index in [2.05, 4.69) is 16.7 Å². The zero-order valence-corrected chi connectivity index (χ0v) is 16.2. The van der Waals surface area contributed by atoms with Crippen LogP contribution in [-0.4, -0.2) is 34.1 Å². The first-order valence-corrected chi connectivity index (χ1v) is 9.10. The molecule has 0 N–H and O–H groups in total. The molecule has 1 amide bonds. The zero-order chi connectivity index (χ0) is 19.9. The highest BCUT2D eigenvalue weighted by Gasteiger charge is 2.18. The van der Waals surface area contributed by atoms with Gasteiger partial charge in [-0.2, -0.15) is 4.98 Å². The van der Waals surface area contributed by atoms with Gasteiger partial charge in [-0.25, -0.2) is 0 Å². The molecule has 144 valence electrons. The quantitative estimate of drug-likeness (QED) is 0.530. The molecule has 0 aliphatic rings. The third kappa shape index (κ3) is 4.98. The zero-order valence-electron chi connectivity index (χ0n) is 15.5. The van der Waals surface area contributed by atoms with Crippen LogP contribution >= 0.6 is 11.6 Å². The van der Waals surface area contributed by atoms with Crippen molar-refractivity contribution < 1.29 is 14.1 Å². The van der Waals surface area contributed by atoms with Crippen molar-refractivity contribution in [2.24, 2.45) is 0 Å². The summed E-state index contributed by atoms with van der Waals surface area (Å²) in [5.74, 6) is 1.03. The minimum atomic E-state index is -0.241. The van der Waals surface area contributed by atoms with Gasteiger partial charge in [0.2, 0.25) is 11.7 Å². The maximum Gasteiger partial charge on any atom is 0.261 e. The summed E-state index contributed by atoms with van der Waals surface area (Å²) < 4.78 is 10.8. The fourth-order valence-corrected chi connectivity index (χ4v) is 2.70. The Morgan fingerprint density at radius 1 is 1.25 bits per heavy atom. The third-order valence-corrected chi connectivity index (χ3v) is 4.31. The van der Waals surface area contributed by atoms with E-state index < -0.39 is 0 Å². The lowest BCUT2D eigenvalue weighted by Gasteiger charge is -2.19. The van der Waals surface area contributed by atoms with E-state index in [4.69, 9.17) is 20.9 Å². The van der Waals surface area contributed by atoms with Crippen LogP contribution in [0.4, 0.5) is 0 Å². The number of ether oxygens (including phenoxy) is 1. The van der Waals surface area contributed by atoms with Gasteiger partial charge in [0.25, 0.3) is 5.91 Å². The number of para-hydroxylation sites is 1. The van der Waals surface area contributed by atoms with Gasteiger partial charge in [0.1, 0.15) is 12.3 Å². The molecule has 0 fully saturated rings. The van der Waals surface area contributed by atoms with Crippen molar-refractivity contribution in [1.29, 1.82) is 0 Å². The van der Waals surface area contributed by atoms with Crippen LogP contribution in [-0.2, 0) is 11.3 Å². The van der Waals surface area contributed by atoms with Crippen LogP contribution < -0.4 is 4.74 Å². The van der Waals surface area contributed by atoms with Crippen LogP contribution in [0.3, 0.4) is 0 Å². The monoisotopic (exact) mass is 397 g/mol. The second kappa shape index (κ2) is 9.19. The molecule has 2 aromatic carbocycles. The molecule has 0 bridgehead atoms. The number of rotatable bonds is 8. The number of nitrogens with zero attached hydrogens (tertiary/aromatic N) is 3. The molecule has 3 aromatic rings. The first-order chi connectivity index (χ1) is 13.6. The standard InChI is InChI=1S/C21H20ClN3O3/c1-3-12-25(20(26)14-27-18-7-5-4-6-17(18)22)13-19-23-21(24-28-19)16-10-8-15(2)9-11-16/h3-11H,1,12-14H2,2H3. The van der Waals surface area contributed by atoms with Gasteiger partial charge in [0.15, 0.2) is 6.61 Å². The van der Waals surface area contributed by atoms with E-state index in [1.165, 1.54) is 4.90 Å². The van der Waals surface area contributed by atoms with Crippen molar-refractivity contribution in [3.8, 4) is 17.1 Å². The number of aryl methyl sites for hydroxylation is 1. The number of hydrogen-bond donors (Lipinski definition) is 0. The molecule has 3 rings (SSSR count). The van der Waals surface area contributed by atoms with Crippen molar-refractivity contribution in [2.75, 3.05) is 13.2 Å². The van der Waals surface area contributed by atoms with Gasteiger partial charge in [-0.15, -0.1) is 6.58 Å². The Labute approximate surface area is 168 Å². The van der Waals surface area contributed by atoms with E-state index in [1.54, 1.807) is 30.3 Å². The van der Waals surface area contributed by atoms with E-state index in [0.29, 0.717) is 29.0 Å². The number of carbonyl (C=O) groups excluding carboxylic acids is 1. The number of benzene rings is 2. The fourth-order valence-electron chi connectivity index (χ4n) is 2.51. The average molecular weight is 398 g/mol. The molecular formula is C21H20ClN3O3. The highest BCUT2D eigenvalue weighted by atomic mass is 35.5. The maximum atomic E-state index is 12.6. The first-order valence-electron chi connectivity index (χ1n) is 8.72. The highest BCUT2D eigenvalue weighted by molar-refractivity contribution is 6.32. The van der Waals surface area contributed by atoms with Gasteiger partial charge < -0.3 is 14.2 Å². The number of carbonyl (C=O) groups is 1. The molecule has 0 saturated heterocycles. The van der Waals surface area contributed by atoms with Crippen molar-refractivity contribution in [2.45, 2.75) is 13.5 Å². The molecule has 7 heteroatoms. The van der Waals surface area contributed by atoms with Crippen molar-refractivity contribution in [3.63, 3.8) is 0 Å². The lowest BCUT2D eigenvalue weighted by Crippen LogP contribution is -2.34. The molecule has 28 heavy (non-hydrogen) atoms. The smallest absolute Gasteiger partial charge is 0.261 e. The summed E-state index contributed by atoms with van der Waals surface area (Å²) >= 11 is 6.05. The molecule has 0 unspecified atom stereocenters. The molecule has 0 aliphatic heterocycles. The third-order valence-electron chi connectivity index (χ3n) is 3.99. The first kappa shape index (κ1) is 19.6. The molecule has 0 aliphatic carbocycles. The Bertz CT molecular complexity index is 954. The van der Waals surface area contributed by atoms with Crippen LogP contribution in [0.5, 0.6) is 5.75 Å². The van der Waals surface area contributed by atoms with Crippen LogP contribution in [0, 0.1) is 6.92 Å².